The summed E-state index contributed by atoms with van der Waals surface area (Å²) >= 11 is 0. The van der Waals surface area contributed by atoms with Crippen molar-refractivity contribution in [2.24, 2.45) is 5.84 Å². The second-order valence-corrected chi connectivity index (χ2v) is 6.19. The van der Waals surface area contributed by atoms with E-state index < -0.39 is 16.1 Å². The summed E-state index contributed by atoms with van der Waals surface area (Å²) in [6.45, 7) is 0. The Hall–Kier alpha value is -2.21. The Morgan fingerprint density at radius 3 is 2.52 bits per heavy atom. The SMILES string of the molecule is CN(C)S(=O)(=O)n1c(N)nc2ccc(C(=O)NN)cc21.O. The molecule has 1 aromatic heterocycles. The lowest BCUT2D eigenvalue weighted by atomic mass is 10.2. The number of benzene rings is 1. The molecule has 2 rings (SSSR count). The van der Waals surface area contributed by atoms with Crippen LogP contribution in [0.1, 0.15) is 10.4 Å². The van der Waals surface area contributed by atoms with Crippen LogP contribution in [0, 0.1) is 0 Å². The first-order chi connectivity index (χ1) is 9.28. The van der Waals surface area contributed by atoms with E-state index in [0.717, 1.165) is 8.28 Å². The van der Waals surface area contributed by atoms with Crippen molar-refractivity contribution in [3.8, 4) is 0 Å². The molecular formula is C10H16N6O4S. The van der Waals surface area contributed by atoms with E-state index in [4.69, 9.17) is 11.6 Å². The van der Waals surface area contributed by atoms with E-state index in [-0.39, 0.29) is 22.5 Å². The maximum absolute atomic E-state index is 12.2. The first-order valence-electron chi connectivity index (χ1n) is 5.51. The van der Waals surface area contributed by atoms with E-state index in [1.165, 1.54) is 32.3 Å². The van der Waals surface area contributed by atoms with Gasteiger partial charge in [-0.2, -0.15) is 16.7 Å². The maximum Gasteiger partial charge on any atom is 0.310 e. The number of nitrogens with one attached hydrogen (secondary N) is 1. The van der Waals surface area contributed by atoms with Crippen LogP contribution in [0.3, 0.4) is 0 Å². The van der Waals surface area contributed by atoms with Gasteiger partial charge in [0.2, 0.25) is 5.95 Å². The van der Waals surface area contributed by atoms with Crippen LogP contribution in [-0.4, -0.2) is 47.2 Å². The third-order valence-corrected chi connectivity index (χ3v) is 4.49. The molecule has 0 bridgehead atoms. The molecule has 116 valence electrons. The van der Waals surface area contributed by atoms with Gasteiger partial charge >= 0.3 is 10.2 Å². The summed E-state index contributed by atoms with van der Waals surface area (Å²) in [5.74, 6) is 4.33. The average Bonchev–Trinajstić information content (AvgIpc) is 2.72. The van der Waals surface area contributed by atoms with Crippen molar-refractivity contribution in [1.82, 2.24) is 18.7 Å². The van der Waals surface area contributed by atoms with Gasteiger partial charge in [0.25, 0.3) is 5.91 Å². The Morgan fingerprint density at radius 2 is 2.00 bits per heavy atom. The van der Waals surface area contributed by atoms with Gasteiger partial charge < -0.3 is 11.2 Å². The Labute approximate surface area is 120 Å². The third kappa shape index (κ3) is 2.67. The lowest BCUT2D eigenvalue weighted by Gasteiger charge is -2.13. The van der Waals surface area contributed by atoms with E-state index in [0.29, 0.717) is 5.52 Å². The molecule has 0 fully saturated rings. The van der Waals surface area contributed by atoms with Crippen LogP contribution in [0.15, 0.2) is 18.2 Å². The smallest absolute Gasteiger partial charge is 0.310 e. The average molecular weight is 316 g/mol. The first-order valence-corrected chi connectivity index (χ1v) is 6.90. The second kappa shape index (κ2) is 5.65. The van der Waals surface area contributed by atoms with Gasteiger partial charge in [-0.25, -0.2) is 10.8 Å². The summed E-state index contributed by atoms with van der Waals surface area (Å²) in [7, 11) is -1.10. The van der Waals surface area contributed by atoms with Crippen LogP contribution >= 0.6 is 0 Å². The van der Waals surface area contributed by atoms with Gasteiger partial charge in [-0.1, -0.05) is 0 Å². The van der Waals surface area contributed by atoms with Gasteiger partial charge in [-0.15, -0.1) is 0 Å². The molecule has 0 aliphatic carbocycles. The number of fused-ring (bicyclic) bond motifs is 1. The predicted molar refractivity (Wildman–Crippen MR) is 77.4 cm³/mol. The molecule has 0 atom stereocenters. The third-order valence-electron chi connectivity index (χ3n) is 2.72. The number of nitrogens with two attached hydrogens (primary N) is 2. The Kier molecular flexibility index (Phi) is 4.53. The number of hydrogen-bond acceptors (Lipinski definition) is 6. The number of hydrogen-bond donors (Lipinski definition) is 3. The van der Waals surface area contributed by atoms with Gasteiger partial charge in [-0.05, 0) is 18.2 Å². The molecule has 10 nitrogen and oxygen atoms in total. The van der Waals surface area contributed by atoms with E-state index in [2.05, 4.69) is 4.98 Å². The molecule has 0 saturated carbocycles. The summed E-state index contributed by atoms with van der Waals surface area (Å²) in [5.41, 5.74) is 8.40. The first kappa shape index (κ1) is 16.8. The Balaban J connectivity index is 0.00000220. The molecule has 1 amide bonds. The highest BCUT2D eigenvalue weighted by Gasteiger charge is 2.23. The van der Waals surface area contributed by atoms with Crippen molar-refractivity contribution in [3.05, 3.63) is 23.8 Å². The van der Waals surface area contributed by atoms with Crippen molar-refractivity contribution in [3.63, 3.8) is 0 Å². The summed E-state index contributed by atoms with van der Waals surface area (Å²) in [4.78, 5) is 15.5. The number of carbonyl (C=O) groups is 1. The fourth-order valence-corrected chi connectivity index (χ4v) is 2.70. The molecule has 1 aromatic carbocycles. The number of rotatable bonds is 3. The monoisotopic (exact) mass is 316 g/mol. The number of anilines is 1. The number of amides is 1. The van der Waals surface area contributed by atoms with Crippen molar-refractivity contribution in [2.75, 3.05) is 19.8 Å². The van der Waals surface area contributed by atoms with Gasteiger partial charge in [0.1, 0.15) is 0 Å². The van der Waals surface area contributed by atoms with E-state index in [9.17, 15) is 13.2 Å². The van der Waals surface area contributed by atoms with Crippen molar-refractivity contribution in [2.45, 2.75) is 0 Å². The summed E-state index contributed by atoms with van der Waals surface area (Å²) in [6, 6.07) is 4.34. The van der Waals surface area contributed by atoms with Crippen LogP contribution in [0.4, 0.5) is 5.95 Å². The standard InChI is InChI=1S/C10H14N6O3S.H2O/c1-15(2)20(18,19)16-8-5-6(9(17)14-12)3-4-7(8)13-10(16)11;/h3-5H,12H2,1-2H3,(H2,11,13)(H,14,17);1H2. The highest BCUT2D eigenvalue weighted by molar-refractivity contribution is 7.87. The molecule has 0 spiro atoms. The largest absolute Gasteiger partial charge is 0.412 e. The van der Waals surface area contributed by atoms with Crippen LogP contribution in [-0.2, 0) is 10.2 Å². The normalized spacial score (nSPS) is 11.4. The maximum atomic E-state index is 12.2. The molecule has 2 aromatic rings. The molecular weight excluding hydrogens is 300 g/mol. The van der Waals surface area contributed by atoms with Gasteiger partial charge in [0, 0.05) is 19.7 Å². The van der Waals surface area contributed by atoms with Crippen LogP contribution in [0.2, 0.25) is 0 Å². The number of hydrazine groups is 1. The van der Waals surface area contributed by atoms with Crippen LogP contribution in [0.5, 0.6) is 0 Å². The highest BCUT2D eigenvalue weighted by atomic mass is 32.2. The zero-order valence-electron chi connectivity index (χ0n) is 11.4. The number of carbonyl (C=O) groups excluding carboxylic acids is 1. The minimum atomic E-state index is -3.84. The molecule has 11 heteroatoms. The fourth-order valence-electron chi connectivity index (χ4n) is 1.70. The van der Waals surface area contributed by atoms with Crippen molar-refractivity contribution >= 4 is 33.1 Å². The lowest BCUT2D eigenvalue weighted by molar-refractivity contribution is 0.0953. The summed E-state index contributed by atoms with van der Waals surface area (Å²) in [5, 5.41) is 0. The van der Waals surface area contributed by atoms with E-state index in [1.807, 2.05) is 5.43 Å². The zero-order chi connectivity index (χ0) is 15.1. The molecule has 0 aliphatic heterocycles. The minimum Gasteiger partial charge on any atom is -0.412 e. The van der Waals surface area contributed by atoms with Gasteiger partial charge in [0.15, 0.2) is 0 Å². The quantitative estimate of drug-likeness (QED) is 0.338. The minimum absolute atomic E-state index is 0. The number of aromatic nitrogens is 2. The zero-order valence-corrected chi connectivity index (χ0v) is 12.2. The van der Waals surface area contributed by atoms with Gasteiger partial charge in [0.05, 0.1) is 11.0 Å². The van der Waals surface area contributed by atoms with E-state index >= 15 is 0 Å². The molecule has 0 radical (unpaired) electrons. The second-order valence-electron chi connectivity index (χ2n) is 4.20. The Bertz CT molecular complexity index is 782. The summed E-state index contributed by atoms with van der Waals surface area (Å²) < 4.78 is 26.3. The number of nitrogen functional groups attached to an aromatic ring is 2. The fraction of sp³-hybridized carbons (Fsp3) is 0.200. The number of nitrogens with zero attached hydrogens (tertiary/aromatic N) is 3. The molecule has 0 aliphatic rings. The lowest BCUT2D eigenvalue weighted by Crippen LogP contribution is -2.30. The summed E-state index contributed by atoms with van der Waals surface area (Å²) in [6.07, 6.45) is 0. The molecule has 0 unspecified atom stereocenters. The van der Waals surface area contributed by atoms with Gasteiger partial charge in [-0.3, -0.25) is 10.2 Å². The van der Waals surface area contributed by atoms with Crippen molar-refractivity contribution in [1.29, 1.82) is 0 Å². The van der Waals surface area contributed by atoms with E-state index in [1.54, 1.807) is 0 Å². The molecule has 0 saturated heterocycles. The van der Waals surface area contributed by atoms with Crippen LogP contribution in [0.25, 0.3) is 11.0 Å². The predicted octanol–water partition coefficient (Wildman–Crippen LogP) is -1.95. The Morgan fingerprint density at radius 1 is 1.38 bits per heavy atom. The molecule has 21 heavy (non-hydrogen) atoms. The number of imidazole rings is 1. The highest BCUT2D eigenvalue weighted by Crippen LogP contribution is 2.22. The molecule has 1 heterocycles. The van der Waals surface area contributed by atoms with Crippen molar-refractivity contribution < 1.29 is 18.7 Å². The van der Waals surface area contributed by atoms with Crippen LogP contribution < -0.4 is 17.0 Å². The topological polar surface area (TPSA) is 168 Å². The molecule has 7 N–H and O–H groups in total.